The molecule has 1 aromatic carbocycles. The summed E-state index contributed by atoms with van der Waals surface area (Å²) in [4.78, 5) is 16.2. The highest BCUT2D eigenvalue weighted by Gasteiger charge is 2.23. The predicted molar refractivity (Wildman–Crippen MR) is 76.0 cm³/mol. The maximum absolute atomic E-state index is 11.8. The largest absolute Gasteiger partial charge is 0.322 e. The van der Waals surface area contributed by atoms with Crippen molar-refractivity contribution in [3.05, 3.63) is 53.6 Å². The maximum atomic E-state index is 11.8. The lowest BCUT2D eigenvalue weighted by Gasteiger charge is -2.12. The smallest absolute Gasteiger partial charge is 0.263 e. The van der Waals surface area contributed by atoms with Crippen molar-refractivity contribution in [1.82, 2.24) is 0 Å². The molecule has 0 fully saturated rings. The van der Waals surface area contributed by atoms with Gasteiger partial charge in [0.05, 0.1) is 11.4 Å². The average Bonchev–Trinajstić information content (AvgIpc) is 2.58. The second-order valence-corrected chi connectivity index (χ2v) is 4.60. The van der Waals surface area contributed by atoms with Gasteiger partial charge < -0.3 is 11.1 Å². The van der Waals surface area contributed by atoms with Crippen LogP contribution in [0.25, 0.3) is 0 Å². The zero-order valence-corrected chi connectivity index (χ0v) is 10.5. The van der Waals surface area contributed by atoms with Crippen LogP contribution >= 0.6 is 0 Å². The molecular weight excluding hydrogens is 238 g/mol. The lowest BCUT2D eigenvalue weighted by molar-refractivity contribution is -0.117. The number of benzene rings is 1. The molecular formula is C15H15N3O. The summed E-state index contributed by atoms with van der Waals surface area (Å²) in [7, 11) is 0. The van der Waals surface area contributed by atoms with Gasteiger partial charge in [-0.15, -0.1) is 0 Å². The van der Waals surface area contributed by atoms with E-state index in [0.717, 1.165) is 35.4 Å². The number of rotatable bonds is 1. The lowest BCUT2D eigenvalue weighted by atomic mass is 9.96. The number of amides is 1. The maximum Gasteiger partial charge on any atom is 0.263 e. The number of nitrogens with two attached hydrogens (primary N) is 1. The fourth-order valence-corrected chi connectivity index (χ4v) is 2.29. The minimum absolute atomic E-state index is 0.275. The quantitative estimate of drug-likeness (QED) is 0.803. The summed E-state index contributed by atoms with van der Waals surface area (Å²) in [5, 5.41) is 2.81. The van der Waals surface area contributed by atoms with Crippen molar-refractivity contribution in [3.63, 3.8) is 0 Å². The summed E-state index contributed by atoms with van der Waals surface area (Å²) in [5.41, 5.74) is 9.31. The van der Waals surface area contributed by atoms with Crippen molar-refractivity contribution in [1.29, 1.82) is 0 Å². The molecule has 0 radical (unpaired) electrons. The second-order valence-electron chi connectivity index (χ2n) is 4.60. The molecule has 1 heterocycles. The Balaban J connectivity index is 2.15. The number of fused-ring (bicyclic) bond motifs is 1. The molecule has 1 aliphatic carbocycles. The van der Waals surface area contributed by atoms with Gasteiger partial charge in [0, 0.05) is 5.56 Å². The van der Waals surface area contributed by atoms with E-state index in [9.17, 15) is 4.79 Å². The van der Waals surface area contributed by atoms with Crippen molar-refractivity contribution in [2.75, 3.05) is 5.32 Å². The van der Waals surface area contributed by atoms with Crippen molar-refractivity contribution >= 4 is 17.3 Å². The van der Waals surface area contributed by atoms with Crippen LogP contribution in [0, 0.1) is 0 Å². The zero-order chi connectivity index (χ0) is 13.2. The Kier molecular flexibility index (Phi) is 3.01. The fourth-order valence-electron chi connectivity index (χ4n) is 2.29. The van der Waals surface area contributed by atoms with Crippen molar-refractivity contribution in [2.24, 2.45) is 10.7 Å². The summed E-state index contributed by atoms with van der Waals surface area (Å²) < 4.78 is 0. The Bertz CT molecular complexity index is 614. The minimum atomic E-state index is -0.862. The molecule has 0 saturated carbocycles. The molecule has 0 aromatic heterocycles. The highest BCUT2D eigenvalue weighted by atomic mass is 16.2. The summed E-state index contributed by atoms with van der Waals surface area (Å²) in [6, 6.07) is 7.65. The van der Waals surface area contributed by atoms with Gasteiger partial charge >= 0.3 is 0 Å². The van der Waals surface area contributed by atoms with Crippen LogP contribution < -0.4 is 11.1 Å². The van der Waals surface area contributed by atoms with Crippen LogP contribution in [0.15, 0.2) is 53.1 Å². The Hall–Kier alpha value is -2.20. The molecule has 3 N–H and O–H groups in total. The molecule has 0 spiro atoms. The molecule has 1 amide bonds. The third-order valence-electron chi connectivity index (χ3n) is 3.25. The van der Waals surface area contributed by atoms with Crippen molar-refractivity contribution in [3.8, 4) is 0 Å². The van der Waals surface area contributed by atoms with Gasteiger partial charge in [0.25, 0.3) is 5.91 Å². The zero-order valence-electron chi connectivity index (χ0n) is 10.5. The molecule has 1 aliphatic heterocycles. The van der Waals surface area contributed by atoms with Gasteiger partial charge in [0.2, 0.25) is 0 Å². The van der Waals surface area contributed by atoms with Gasteiger partial charge in [0.15, 0.2) is 6.17 Å². The Morgan fingerprint density at radius 2 is 2.11 bits per heavy atom. The van der Waals surface area contributed by atoms with E-state index in [4.69, 9.17) is 5.73 Å². The molecule has 4 heteroatoms. The molecule has 1 aromatic rings. The Labute approximate surface area is 111 Å². The van der Waals surface area contributed by atoms with Crippen LogP contribution in [-0.4, -0.2) is 17.8 Å². The molecule has 3 rings (SSSR count). The fraction of sp³-hybridized carbons (Fsp3) is 0.200. The van der Waals surface area contributed by atoms with E-state index in [1.54, 1.807) is 0 Å². The minimum Gasteiger partial charge on any atom is -0.322 e. The number of benzodiazepines with no additional fused rings is 1. The standard InChI is InChI=1S/C15H15N3O/c16-14-15(19)17-12-9-5-4-8-11(12)13(18-14)10-6-2-1-3-7-10/h2,4-9,14H,1,3,16H2,(H,17,19). The number of para-hydroxylation sites is 1. The predicted octanol–water partition coefficient (Wildman–Crippen LogP) is 1.99. The van der Waals surface area contributed by atoms with Crippen LogP contribution in [0.4, 0.5) is 5.69 Å². The van der Waals surface area contributed by atoms with E-state index in [-0.39, 0.29) is 5.91 Å². The van der Waals surface area contributed by atoms with Gasteiger partial charge in [-0.25, -0.2) is 0 Å². The normalized spacial score (nSPS) is 21.9. The number of carbonyl (C=O) groups is 1. The van der Waals surface area contributed by atoms with E-state index in [1.165, 1.54) is 0 Å². The first-order chi connectivity index (χ1) is 9.25. The highest BCUT2D eigenvalue weighted by Crippen LogP contribution is 2.25. The van der Waals surface area contributed by atoms with Gasteiger partial charge in [-0.1, -0.05) is 36.4 Å². The summed E-state index contributed by atoms with van der Waals surface area (Å²) in [6.07, 6.45) is 7.47. The molecule has 96 valence electrons. The number of allylic oxidation sites excluding steroid dienone is 4. The van der Waals surface area contributed by atoms with Crippen LogP contribution in [-0.2, 0) is 4.79 Å². The SMILES string of the molecule is NC1N=C(C2=CCCC=C2)c2ccccc2NC1=O. The lowest BCUT2D eigenvalue weighted by Crippen LogP contribution is -2.33. The molecule has 2 aliphatic rings. The Morgan fingerprint density at radius 3 is 2.89 bits per heavy atom. The second kappa shape index (κ2) is 4.82. The van der Waals surface area contributed by atoms with E-state index < -0.39 is 6.17 Å². The van der Waals surface area contributed by atoms with E-state index in [1.807, 2.05) is 30.3 Å². The first-order valence-electron chi connectivity index (χ1n) is 6.36. The number of aliphatic imine (C=N–C) groups is 1. The summed E-state index contributed by atoms with van der Waals surface area (Å²) >= 11 is 0. The molecule has 4 nitrogen and oxygen atoms in total. The molecule has 0 bridgehead atoms. The molecule has 1 atom stereocenters. The van der Waals surface area contributed by atoms with E-state index in [0.29, 0.717) is 0 Å². The van der Waals surface area contributed by atoms with Gasteiger partial charge in [-0.05, 0) is 24.5 Å². The first-order valence-corrected chi connectivity index (χ1v) is 6.36. The van der Waals surface area contributed by atoms with Gasteiger partial charge in [-0.2, -0.15) is 0 Å². The van der Waals surface area contributed by atoms with Gasteiger partial charge in [-0.3, -0.25) is 9.79 Å². The number of hydrogen-bond donors (Lipinski definition) is 2. The summed E-state index contributed by atoms with van der Waals surface area (Å²) in [6.45, 7) is 0. The van der Waals surface area contributed by atoms with E-state index >= 15 is 0 Å². The molecule has 19 heavy (non-hydrogen) atoms. The number of nitrogens with zero attached hydrogens (tertiary/aromatic N) is 1. The third kappa shape index (κ3) is 2.22. The topological polar surface area (TPSA) is 67.5 Å². The number of anilines is 1. The highest BCUT2D eigenvalue weighted by molar-refractivity contribution is 6.20. The van der Waals surface area contributed by atoms with Crippen LogP contribution in [0.2, 0.25) is 0 Å². The molecule has 1 unspecified atom stereocenters. The molecule has 0 saturated heterocycles. The van der Waals surface area contributed by atoms with Crippen LogP contribution in [0.1, 0.15) is 18.4 Å². The summed E-state index contributed by atoms with van der Waals surface area (Å²) in [5.74, 6) is -0.275. The third-order valence-corrected chi connectivity index (χ3v) is 3.25. The van der Waals surface area contributed by atoms with E-state index in [2.05, 4.69) is 22.5 Å². The van der Waals surface area contributed by atoms with Crippen molar-refractivity contribution < 1.29 is 4.79 Å². The van der Waals surface area contributed by atoms with Crippen LogP contribution in [0.3, 0.4) is 0 Å². The van der Waals surface area contributed by atoms with Crippen molar-refractivity contribution in [2.45, 2.75) is 19.0 Å². The average molecular weight is 253 g/mol. The van der Waals surface area contributed by atoms with Gasteiger partial charge in [0.1, 0.15) is 0 Å². The number of hydrogen-bond acceptors (Lipinski definition) is 3. The first kappa shape index (κ1) is 11.9. The van der Waals surface area contributed by atoms with Crippen LogP contribution in [0.5, 0.6) is 0 Å². The monoisotopic (exact) mass is 253 g/mol. The number of carbonyl (C=O) groups excluding carboxylic acids is 1. The Morgan fingerprint density at radius 1 is 1.26 bits per heavy atom. The number of nitrogens with one attached hydrogen (secondary N) is 1.